The van der Waals surface area contributed by atoms with Crippen molar-refractivity contribution in [2.75, 3.05) is 5.32 Å². The molecule has 4 nitrogen and oxygen atoms in total. The van der Waals surface area contributed by atoms with Gasteiger partial charge in [0.25, 0.3) is 0 Å². The molecule has 7 heteroatoms. The average Bonchev–Trinajstić information content (AvgIpc) is 2.45. The van der Waals surface area contributed by atoms with Gasteiger partial charge in [0.2, 0.25) is 0 Å². The van der Waals surface area contributed by atoms with Gasteiger partial charge in [0.05, 0.1) is 10.7 Å². The fourth-order valence-electron chi connectivity index (χ4n) is 1.53. The van der Waals surface area contributed by atoms with E-state index in [9.17, 15) is 5.11 Å². The Hall–Kier alpha value is -1.44. The molecule has 0 aromatic heterocycles. The van der Waals surface area contributed by atoms with Crippen LogP contribution in [0.3, 0.4) is 0 Å². The molecule has 21 heavy (non-hydrogen) atoms. The number of aromatic hydroxyl groups is 1. The molecule has 2 aromatic carbocycles. The van der Waals surface area contributed by atoms with Crippen molar-refractivity contribution < 1.29 is 5.11 Å². The number of nitrogens with one attached hydrogen (secondary N) is 2. The van der Waals surface area contributed by atoms with E-state index < -0.39 is 0 Å². The smallest absolute Gasteiger partial charge is 0.191 e. The fraction of sp³-hybridized carbons (Fsp3) is 0. The number of para-hydroxylation sites is 1. The van der Waals surface area contributed by atoms with Crippen LogP contribution in [0, 0.1) is 0 Å². The molecule has 0 spiro atoms. The maximum Gasteiger partial charge on any atom is 0.191 e. The molecule has 0 aliphatic rings. The summed E-state index contributed by atoms with van der Waals surface area (Å²) in [5, 5.41) is 17.2. The molecule has 0 fully saturated rings. The first-order valence-electron chi connectivity index (χ1n) is 5.89. The third-order valence-corrected chi connectivity index (χ3v) is 3.71. The Balaban J connectivity index is 1.98. The van der Waals surface area contributed by atoms with Crippen molar-refractivity contribution in [3.8, 4) is 5.75 Å². The Morgan fingerprint density at radius 3 is 2.62 bits per heavy atom. The number of thiocarbonyl (C=S) groups is 1. The lowest BCUT2D eigenvalue weighted by Crippen LogP contribution is -2.23. The summed E-state index contributed by atoms with van der Waals surface area (Å²) in [5.41, 5.74) is 4.13. The highest BCUT2D eigenvalue weighted by molar-refractivity contribution is 9.11. The summed E-state index contributed by atoms with van der Waals surface area (Å²) < 4.78 is 1.42. The van der Waals surface area contributed by atoms with Gasteiger partial charge in [-0.15, -0.1) is 0 Å². The van der Waals surface area contributed by atoms with Gasteiger partial charge in [0.1, 0.15) is 5.75 Å². The standard InChI is InChI=1S/C14H11Br2N3OS/c15-10-6-9(13(20)12(16)7-10)8-17-19-14(21)18-11-4-2-1-3-5-11/h1-8,20H,(H2,18,19,21)/b17-8+. The molecule has 0 heterocycles. The number of phenolic OH excluding ortho intramolecular Hbond substituents is 1. The van der Waals surface area contributed by atoms with E-state index in [1.54, 1.807) is 12.1 Å². The van der Waals surface area contributed by atoms with Crippen LogP contribution < -0.4 is 10.7 Å². The van der Waals surface area contributed by atoms with Gasteiger partial charge in [0, 0.05) is 15.7 Å². The van der Waals surface area contributed by atoms with E-state index in [4.69, 9.17) is 12.2 Å². The van der Waals surface area contributed by atoms with Gasteiger partial charge in [-0.3, -0.25) is 5.43 Å². The molecular formula is C14H11Br2N3OS. The third-order valence-electron chi connectivity index (χ3n) is 2.46. The third kappa shape index (κ3) is 4.80. The molecule has 0 amide bonds. The van der Waals surface area contributed by atoms with Crippen LogP contribution in [0.5, 0.6) is 5.75 Å². The SMILES string of the molecule is Oc1c(Br)cc(Br)cc1/C=N/NC(=S)Nc1ccccc1. The van der Waals surface area contributed by atoms with Crippen LogP contribution in [0.25, 0.3) is 0 Å². The summed E-state index contributed by atoms with van der Waals surface area (Å²) in [6, 6.07) is 13.0. The Labute approximate surface area is 144 Å². The summed E-state index contributed by atoms with van der Waals surface area (Å²) in [7, 11) is 0. The largest absolute Gasteiger partial charge is 0.506 e. The lowest BCUT2D eigenvalue weighted by Gasteiger charge is -2.06. The minimum absolute atomic E-state index is 0.116. The van der Waals surface area contributed by atoms with Gasteiger partial charge >= 0.3 is 0 Å². The predicted octanol–water partition coefficient (Wildman–Crippen LogP) is 4.24. The molecular weight excluding hydrogens is 418 g/mol. The molecule has 0 aliphatic heterocycles. The molecule has 3 N–H and O–H groups in total. The molecule has 0 saturated heterocycles. The van der Waals surface area contributed by atoms with Crippen LogP contribution >= 0.6 is 44.1 Å². The van der Waals surface area contributed by atoms with Crippen LogP contribution in [-0.4, -0.2) is 16.4 Å². The maximum absolute atomic E-state index is 9.89. The maximum atomic E-state index is 9.89. The van der Waals surface area contributed by atoms with Crippen molar-refractivity contribution in [1.29, 1.82) is 0 Å². The highest BCUT2D eigenvalue weighted by Crippen LogP contribution is 2.30. The van der Waals surface area contributed by atoms with Gasteiger partial charge in [-0.25, -0.2) is 0 Å². The van der Waals surface area contributed by atoms with Crippen molar-refractivity contribution in [1.82, 2.24) is 5.43 Å². The van der Waals surface area contributed by atoms with Crippen LogP contribution in [0.4, 0.5) is 5.69 Å². The van der Waals surface area contributed by atoms with E-state index in [2.05, 4.69) is 47.7 Å². The molecule has 0 radical (unpaired) electrons. The fourth-order valence-corrected chi connectivity index (χ4v) is 2.95. The monoisotopic (exact) mass is 427 g/mol. The lowest BCUT2D eigenvalue weighted by atomic mass is 10.2. The number of halogens is 2. The molecule has 2 aromatic rings. The molecule has 0 atom stereocenters. The van der Waals surface area contributed by atoms with E-state index >= 15 is 0 Å². The van der Waals surface area contributed by atoms with Crippen molar-refractivity contribution in [3.63, 3.8) is 0 Å². The average molecular weight is 429 g/mol. The van der Waals surface area contributed by atoms with Crippen molar-refractivity contribution >= 4 is 61.1 Å². The summed E-state index contributed by atoms with van der Waals surface area (Å²) in [4.78, 5) is 0. The van der Waals surface area contributed by atoms with E-state index in [1.165, 1.54) is 6.21 Å². The zero-order valence-electron chi connectivity index (χ0n) is 10.7. The minimum Gasteiger partial charge on any atom is -0.506 e. The Kier molecular flexibility index (Phi) is 5.72. The second kappa shape index (κ2) is 7.53. The number of benzene rings is 2. The number of hydrogen-bond donors (Lipinski definition) is 3. The molecule has 0 aliphatic carbocycles. The van der Waals surface area contributed by atoms with Crippen LogP contribution in [0.1, 0.15) is 5.56 Å². The van der Waals surface area contributed by atoms with Crippen LogP contribution in [0.15, 0.2) is 56.5 Å². The van der Waals surface area contributed by atoms with Crippen LogP contribution in [0.2, 0.25) is 0 Å². The number of rotatable bonds is 3. The zero-order chi connectivity index (χ0) is 15.2. The topological polar surface area (TPSA) is 56.7 Å². The summed E-state index contributed by atoms with van der Waals surface area (Å²) in [6.07, 6.45) is 1.49. The Bertz CT molecular complexity index is 677. The van der Waals surface area contributed by atoms with Crippen molar-refractivity contribution in [2.24, 2.45) is 5.10 Å². The molecule has 0 saturated carbocycles. The van der Waals surface area contributed by atoms with Gasteiger partial charge in [-0.2, -0.15) is 5.10 Å². The number of nitrogens with zero attached hydrogens (tertiary/aromatic N) is 1. The normalized spacial score (nSPS) is 10.6. The quantitative estimate of drug-likeness (QED) is 0.388. The van der Waals surface area contributed by atoms with Gasteiger partial charge < -0.3 is 10.4 Å². The molecule has 108 valence electrons. The molecule has 0 bridgehead atoms. The minimum atomic E-state index is 0.116. The first-order valence-corrected chi connectivity index (χ1v) is 7.89. The summed E-state index contributed by atoms with van der Waals surface area (Å²) in [6.45, 7) is 0. The predicted molar refractivity (Wildman–Crippen MR) is 96.9 cm³/mol. The van der Waals surface area contributed by atoms with E-state index in [-0.39, 0.29) is 5.75 Å². The van der Waals surface area contributed by atoms with Crippen molar-refractivity contribution in [2.45, 2.75) is 0 Å². The first kappa shape index (κ1) is 15.9. The second-order valence-electron chi connectivity index (χ2n) is 4.02. The number of anilines is 1. The molecule has 2 rings (SSSR count). The summed E-state index contributed by atoms with van der Waals surface area (Å²) >= 11 is 11.7. The number of hydrogen-bond acceptors (Lipinski definition) is 3. The second-order valence-corrected chi connectivity index (χ2v) is 6.19. The van der Waals surface area contributed by atoms with E-state index in [1.807, 2.05) is 30.3 Å². The zero-order valence-corrected chi connectivity index (χ0v) is 14.7. The summed E-state index contributed by atoms with van der Waals surface area (Å²) in [5.74, 6) is 0.116. The highest BCUT2D eigenvalue weighted by atomic mass is 79.9. The van der Waals surface area contributed by atoms with Gasteiger partial charge in [0.15, 0.2) is 5.11 Å². The van der Waals surface area contributed by atoms with Crippen molar-refractivity contribution in [3.05, 3.63) is 57.0 Å². The molecule has 0 unspecified atom stereocenters. The highest BCUT2D eigenvalue weighted by Gasteiger charge is 2.05. The van der Waals surface area contributed by atoms with Crippen LogP contribution in [-0.2, 0) is 0 Å². The Morgan fingerprint density at radius 2 is 1.90 bits per heavy atom. The van der Waals surface area contributed by atoms with Gasteiger partial charge in [-0.1, -0.05) is 34.1 Å². The first-order chi connectivity index (χ1) is 10.1. The van der Waals surface area contributed by atoms with Gasteiger partial charge in [-0.05, 0) is 52.4 Å². The van der Waals surface area contributed by atoms with E-state index in [0.29, 0.717) is 15.1 Å². The number of hydrazone groups is 1. The van der Waals surface area contributed by atoms with E-state index in [0.717, 1.165) is 10.2 Å². The lowest BCUT2D eigenvalue weighted by molar-refractivity contribution is 0.471. The Morgan fingerprint density at radius 1 is 1.19 bits per heavy atom. The number of phenols is 1.